The van der Waals surface area contributed by atoms with Gasteiger partial charge in [-0.2, -0.15) is 0 Å². The summed E-state index contributed by atoms with van der Waals surface area (Å²) in [6.07, 6.45) is -120. The SMILES string of the molecule is CC(=O)N[C@H]1[C@H](O[C@@H]([C@H](O)[C@H](CO)NC(C)=O)[C@H](O)CO[C@@H]2O[C@@H](C)[C@@H](O)[C@@H](O)[C@@H]2O)O[C@H](CO)[C@@H](O[C@@H]2O[C@H](CO[C@H]3O[C@H](CO)[C@@H](O)[C@H](O[C@H]4O[C@H](CO)[C@@H](O)[C@@H](O)[C@@H]4O[C@H]4O[C@H](CO)[C@@H](O)[C@H](O)[C@@H]4O)[C@@H]3O)[C@@H](O)[C@H](O[C@H]3O[C@H](CO)[C@@H](O)[C@H](O)[C@@H]3O[C@@H]3O[C@H](CO)[C@@H](O[C@@H]4O[C@H](CO)[C@H](O)[C@H](O[C@H]5O[C@H](CO)[C@H](O)[C@H](O)[C@H]5NC(C)=O)[C@H]4O[C@@H]4O[C@@H](C)[C@@H](O)[C@@H](O)[C@@H]4O)[C@H](O)[C@H]3NC(C)=O)[C@@H]2O)[C@@H]1O. The number of aliphatic hydroxyl groups excluding tert-OH is 33. The van der Waals surface area contributed by atoms with Crippen molar-refractivity contribution in [2.75, 3.05) is 72.7 Å². The molecule has 0 aliphatic carbocycles. The lowest BCUT2D eigenvalue weighted by Gasteiger charge is -2.52. The van der Waals surface area contributed by atoms with Gasteiger partial charge < -0.3 is 294 Å². The van der Waals surface area contributed by atoms with E-state index in [9.17, 15) is 188 Å². The highest BCUT2D eigenvalue weighted by Crippen LogP contribution is 2.43. The van der Waals surface area contributed by atoms with Crippen LogP contribution >= 0.6 is 0 Å². The van der Waals surface area contributed by atoms with Gasteiger partial charge in [0.15, 0.2) is 69.2 Å². The molecule has 11 fully saturated rings. The van der Waals surface area contributed by atoms with Crippen molar-refractivity contribution in [1.82, 2.24) is 21.3 Å². The Balaban J connectivity index is 0.932. The largest absolute Gasteiger partial charge is 0.394 e. The van der Waals surface area contributed by atoms with Crippen LogP contribution in [-0.2, 0) is 123 Å². The number of carbonyl (C=O) groups excluding carboxylic acids is 4. The van der Waals surface area contributed by atoms with Crippen LogP contribution in [0.2, 0.25) is 0 Å². The molecule has 11 aliphatic heterocycles. The van der Waals surface area contributed by atoms with Crippen LogP contribution in [0.4, 0.5) is 0 Å². The molecule has 63 nitrogen and oxygen atoms in total. The standard InChI is InChI=1S/C80H136N4O59/c1-18-38(99)51(112)56(117)73(124-18)122-16-25(98)61(40(101)24(7-85)81-20(3)94)135-71-36(83-22(5)96)49(110)62(32(14-92)132-71)136-77-60(121)65(47(108)34(134-77)17-123-74-59(120)64(45(106)30(12-90)127-74)138-79-68(55(116)44(105)29(11-89)130-79)142-76-58(119)53(114)42(103)27(9-87)128-76)139-78-67(54(115)43(104)28(10-88)129-78)141-72-37(84-23(6)97)50(111)63(33(15-93)133-72)137-80-69(143-75-57(118)52(113)39(100)19(2)125-75)66(46(107)31(13-91)131-80)140-70-35(82-21(4)95)48(109)41(102)26(8-86)126-70/h18-19,24-80,85-93,98-121H,7-17H2,1-6H3,(H,81,94)(H,82,95)(H,83,96)(H,84,97)/t18-,19-,24-,25+,26+,27+,28+,29+,30+,31+,32+,33+,34+,35+,36+,37+,38+,39+,40+,41-,42+,43+,44+,45+,46-,47+,48+,49+,50+,51+,52+,53-,54-,55+,56-,57-,58-,59-,60-,61+,62+,63+,64-,65-,66-,67-,68-,69+,70+,71-,72-,73+,74-,75-,76+,77-,78+,79+,80-/m0/s1. The van der Waals surface area contributed by atoms with Crippen molar-refractivity contribution in [3.05, 3.63) is 0 Å². The lowest BCUT2D eigenvalue weighted by atomic mass is 9.93. The fourth-order valence-corrected chi connectivity index (χ4v) is 18.3. The Morgan fingerprint density at radius 1 is 0.259 bits per heavy atom. The average molecular weight is 2100 g/mol. The third kappa shape index (κ3) is 26.8. The number of aliphatic hydroxyl groups is 33. The van der Waals surface area contributed by atoms with Crippen LogP contribution in [0.3, 0.4) is 0 Å². The number of rotatable bonds is 40. The van der Waals surface area contributed by atoms with E-state index in [4.69, 9.17) is 104 Å². The molecule has 0 saturated carbocycles. The Bertz CT molecular complexity index is 3900. The normalized spacial score (nSPS) is 48.3. The Hall–Kier alpha value is -4.32. The van der Waals surface area contributed by atoms with Crippen molar-refractivity contribution in [2.45, 2.75) is 403 Å². The number of carbonyl (C=O) groups is 4. The fraction of sp³-hybridized carbons (Fsp3) is 0.950. The highest BCUT2D eigenvalue weighted by Gasteiger charge is 2.63. The van der Waals surface area contributed by atoms with Gasteiger partial charge in [0.1, 0.15) is 274 Å². The van der Waals surface area contributed by atoms with Crippen molar-refractivity contribution in [1.29, 1.82) is 0 Å². The topological polar surface area (TPSA) is 987 Å². The third-order valence-corrected chi connectivity index (χ3v) is 26.3. The summed E-state index contributed by atoms with van der Waals surface area (Å²) in [7, 11) is 0. The summed E-state index contributed by atoms with van der Waals surface area (Å²) < 4.78 is 131. The van der Waals surface area contributed by atoms with Gasteiger partial charge in [-0.1, -0.05) is 0 Å². The maximum absolute atomic E-state index is 13.5. The van der Waals surface area contributed by atoms with Gasteiger partial charge in [0.05, 0.1) is 90.9 Å². The number of amides is 4. The van der Waals surface area contributed by atoms with Gasteiger partial charge in [-0.25, -0.2) is 0 Å². The monoisotopic (exact) mass is 2100 g/mol. The lowest BCUT2D eigenvalue weighted by molar-refractivity contribution is -0.406. The molecule has 11 rings (SSSR count). The molecule has 830 valence electrons. The van der Waals surface area contributed by atoms with Crippen LogP contribution in [0, 0.1) is 0 Å². The van der Waals surface area contributed by atoms with Gasteiger partial charge in [0.2, 0.25) is 23.6 Å². The van der Waals surface area contributed by atoms with Crippen molar-refractivity contribution >= 4 is 23.6 Å². The van der Waals surface area contributed by atoms with Gasteiger partial charge >= 0.3 is 0 Å². The summed E-state index contributed by atoms with van der Waals surface area (Å²) in [6.45, 7) is -7.02. The van der Waals surface area contributed by atoms with Gasteiger partial charge in [-0.05, 0) is 13.8 Å². The van der Waals surface area contributed by atoms with E-state index in [1.54, 1.807) is 0 Å². The Kier molecular flexibility index (Phi) is 43.5. The van der Waals surface area contributed by atoms with Gasteiger partial charge in [0, 0.05) is 27.7 Å². The summed E-state index contributed by atoms with van der Waals surface area (Å²) in [6, 6.07) is -7.94. The second-order valence-electron chi connectivity index (χ2n) is 36.4. The summed E-state index contributed by atoms with van der Waals surface area (Å²) in [5, 5.41) is 382. The summed E-state index contributed by atoms with van der Waals surface area (Å²) in [4.78, 5) is 52.0. The molecular formula is C80H136N4O59. The van der Waals surface area contributed by atoms with Crippen LogP contribution in [0.25, 0.3) is 0 Å². The van der Waals surface area contributed by atoms with E-state index in [1.165, 1.54) is 13.8 Å². The maximum atomic E-state index is 13.5. The van der Waals surface area contributed by atoms with Crippen molar-refractivity contribution in [3.8, 4) is 0 Å². The maximum Gasteiger partial charge on any atom is 0.217 e. The van der Waals surface area contributed by atoms with E-state index < -0.39 is 458 Å². The highest BCUT2D eigenvalue weighted by molar-refractivity contribution is 5.74. The third-order valence-electron chi connectivity index (χ3n) is 26.3. The number of hydrogen-bond acceptors (Lipinski definition) is 59. The van der Waals surface area contributed by atoms with Gasteiger partial charge in [-0.3, -0.25) is 19.2 Å². The quantitative estimate of drug-likeness (QED) is 0.0271. The van der Waals surface area contributed by atoms with E-state index in [0.717, 1.165) is 27.7 Å². The summed E-state index contributed by atoms with van der Waals surface area (Å²) >= 11 is 0. The molecule has 143 heavy (non-hydrogen) atoms. The molecule has 63 heteroatoms. The van der Waals surface area contributed by atoms with Crippen LogP contribution in [0.5, 0.6) is 0 Å². The molecule has 0 spiro atoms. The fourth-order valence-electron chi connectivity index (χ4n) is 18.3. The van der Waals surface area contributed by atoms with E-state index in [0.29, 0.717) is 0 Å². The second-order valence-corrected chi connectivity index (χ2v) is 36.4. The smallest absolute Gasteiger partial charge is 0.217 e. The minimum absolute atomic E-state index is 0.855. The zero-order valence-electron chi connectivity index (χ0n) is 77.2. The predicted molar refractivity (Wildman–Crippen MR) is 441 cm³/mol. The minimum atomic E-state index is -2.73. The van der Waals surface area contributed by atoms with Crippen molar-refractivity contribution in [2.24, 2.45) is 0 Å². The van der Waals surface area contributed by atoms with Crippen molar-refractivity contribution in [3.63, 3.8) is 0 Å². The first kappa shape index (κ1) is 119. The van der Waals surface area contributed by atoms with Crippen molar-refractivity contribution < 1.29 is 292 Å². The summed E-state index contributed by atoms with van der Waals surface area (Å²) in [5.41, 5.74) is 0. The zero-order valence-corrected chi connectivity index (χ0v) is 77.2. The molecule has 11 aliphatic rings. The van der Waals surface area contributed by atoms with E-state index in [1.807, 2.05) is 0 Å². The number of hydrogen-bond donors (Lipinski definition) is 37. The van der Waals surface area contributed by atoms with E-state index in [-0.39, 0.29) is 0 Å². The van der Waals surface area contributed by atoms with E-state index in [2.05, 4.69) is 21.3 Å². The molecule has 0 aromatic rings. The molecular weight excluding hydrogens is 1960 g/mol. The summed E-state index contributed by atoms with van der Waals surface area (Å²) in [5.74, 6) is -3.95. The van der Waals surface area contributed by atoms with Crippen LogP contribution in [-0.4, -0.2) is 627 Å². The van der Waals surface area contributed by atoms with Gasteiger partial charge in [-0.15, -0.1) is 0 Å². The molecule has 37 N–H and O–H groups in total. The number of nitrogens with one attached hydrogen (secondary N) is 4. The van der Waals surface area contributed by atoms with Crippen LogP contribution in [0.1, 0.15) is 41.5 Å². The van der Waals surface area contributed by atoms with Crippen LogP contribution < -0.4 is 21.3 Å². The first-order valence-corrected chi connectivity index (χ1v) is 45.8. The molecule has 0 aromatic carbocycles. The minimum Gasteiger partial charge on any atom is -0.394 e. The Labute approximate surface area is 810 Å². The Morgan fingerprint density at radius 2 is 0.552 bits per heavy atom. The second kappa shape index (κ2) is 52.3. The highest BCUT2D eigenvalue weighted by atomic mass is 16.8. The molecule has 0 unspecified atom stereocenters. The average Bonchev–Trinajstić information content (AvgIpc) is 0.757. The first-order valence-electron chi connectivity index (χ1n) is 45.8. The molecule has 11 saturated heterocycles. The van der Waals surface area contributed by atoms with Gasteiger partial charge in [0.25, 0.3) is 0 Å². The molecule has 59 atom stereocenters. The molecule has 4 amide bonds. The molecule has 0 radical (unpaired) electrons. The first-order chi connectivity index (χ1) is 67.6. The number of ether oxygens (including phenoxy) is 22. The van der Waals surface area contributed by atoms with E-state index >= 15 is 0 Å². The molecule has 0 bridgehead atoms. The molecule has 0 aromatic heterocycles. The van der Waals surface area contributed by atoms with Crippen LogP contribution in [0.15, 0.2) is 0 Å². The lowest BCUT2D eigenvalue weighted by Crippen LogP contribution is -2.71. The zero-order chi connectivity index (χ0) is 106. The predicted octanol–water partition coefficient (Wildman–Crippen LogP) is -24.9. The molecule has 11 heterocycles. The Morgan fingerprint density at radius 3 is 1.01 bits per heavy atom.